The zero-order chi connectivity index (χ0) is 15.2. The van der Waals surface area contributed by atoms with Gasteiger partial charge >= 0.3 is 5.97 Å². The summed E-state index contributed by atoms with van der Waals surface area (Å²) in [5.74, 6) is -0.474. The molecule has 1 unspecified atom stereocenters. The van der Waals surface area contributed by atoms with Gasteiger partial charge in [0.25, 0.3) is 0 Å². The van der Waals surface area contributed by atoms with E-state index in [9.17, 15) is 9.90 Å². The van der Waals surface area contributed by atoms with Crippen molar-refractivity contribution in [1.29, 1.82) is 0 Å². The summed E-state index contributed by atoms with van der Waals surface area (Å²) in [4.78, 5) is 11.4. The zero-order valence-electron chi connectivity index (χ0n) is 11.5. The number of carboxylic acids is 1. The molecule has 0 aliphatic heterocycles. The smallest absolute Gasteiger partial charge is 0.314 e. The normalized spacial score (nSPS) is 11.7. The molecule has 0 aromatic heterocycles. The summed E-state index contributed by atoms with van der Waals surface area (Å²) in [5, 5.41) is 9.89. The number of carboxylic acid groups (broad SMARTS) is 1. The van der Waals surface area contributed by atoms with E-state index >= 15 is 0 Å². The highest BCUT2D eigenvalue weighted by Gasteiger charge is 2.21. The number of rotatable bonds is 6. The molecule has 2 rings (SSSR count). The molecule has 0 saturated carbocycles. The topological polar surface area (TPSA) is 55.8 Å². The van der Waals surface area contributed by atoms with Gasteiger partial charge in [-0.3, -0.25) is 4.79 Å². The van der Waals surface area contributed by atoms with E-state index in [1.807, 2.05) is 0 Å². The summed E-state index contributed by atoms with van der Waals surface area (Å²) in [6, 6.07) is 13.8. The highest BCUT2D eigenvalue weighted by Crippen LogP contribution is 2.23. The van der Waals surface area contributed by atoms with Crippen molar-refractivity contribution in [3.63, 3.8) is 0 Å². The van der Waals surface area contributed by atoms with Crippen LogP contribution in [0.4, 0.5) is 0 Å². The number of halogens is 1. The summed E-state index contributed by atoms with van der Waals surface area (Å²) in [6.07, 6.45) is 0. The summed E-state index contributed by atoms with van der Waals surface area (Å²) < 4.78 is 10.6. The van der Waals surface area contributed by atoms with Crippen molar-refractivity contribution in [2.24, 2.45) is 0 Å². The van der Waals surface area contributed by atoms with E-state index in [4.69, 9.17) is 21.1 Å². The number of carbonyl (C=O) groups is 1. The average molecular weight is 307 g/mol. The van der Waals surface area contributed by atoms with Crippen LogP contribution in [0.3, 0.4) is 0 Å². The maximum Gasteiger partial charge on any atom is 0.314 e. The van der Waals surface area contributed by atoms with Gasteiger partial charge in [0, 0.05) is 5.02 Å². The fourth-order valence-corrected chi connectivity index (χ4v) is 2.06. The molecule has 4 nitrogen and oxygen atoms in total. The molecule has 0 saturated heterocycles. The Bertz CT molecular complexity index is 610. The molecule has 0 amide bonds. The summed E-state index contributed by atoms with van der Waals surface area (Å²) >= 11 is 5.86. The number of benzene rings is 2. The van der Waals surface area contributed by atoms with Gasteiger partial charge in [0.2, 0.25) is 0 Å². The van der Waals surface area contributed by atoms with E-state index in [1.165, 1.54) is 0 Å². The van der Waals surface area contributed by atoms with Crippen molar-refractivity contribution in [3.8, 4) is 11.5 Å². The van der Waals surface area contributed by atoms with Gasteiger partial charge in [-0.25, -0.2) is 0 Å². The second kappa shape index (κ2) is 6.99. The van der Waals surface area contributed by atoms with Crippen LogP contribution in [0.1, 0.15) is 11.5 Å². The summed E-state index contributed by atoms with van der Waals surface area (Å²) in [5.41, 5.74) is 0.658. The van der Waals surface area contributed by atoms with E-state index in [1.54, 1.807) is 55.6 Å². The second-order valence-electron chi connectivity index (χ2n) is 4.43. The predicted molar refractivity (Wildman–Crippen MR) is 80.3 cm³/mol. The first-order valence-electron chi connectivity index (χ1n) is 6.35. The van der Waals surface area contributed by atoms with Gasteiger partial charge in [-0.15, -0.1) is 0 Å². The molecule has 0 radical (unpaired) electrons. The Morgan fingerprint density at radius 1 is 1.19 bits per heavy atom. The predicted octanol–water partition coefficient (Wildman–Crippen LogP) is 3.60. The van der Waals surface area contributed by atoms with Gasteiger partial charge < -0.3 is 14.6 Å². The minimum atomic E-state index is -0.942. The lowest BCUT2D eigenvalue weighted by Gasteiger charge is -2.14. The SMILES string of the molecule is COc1ccc(C(COc2cccc(Cl)c2)C(=O)O)cc1. The number of methoxy groups -OCH3 is 1. The number of aliphatic carboxylic acids is 1. The first-order chi connectivity index (χ1) is 10.1. The minimum Gasteiger partial charge on any atom is -0.497 e. The van der Waals surface area contributed by atoms with E-state index in [-0.39, 0.29) is 6.61 Å². The second-order valence-corrected chi connectivity index (χ2v) is 4.87. The van der Waals surface area contributed by atoms with Crippen molar-refractivity contribution in [3.05, 3.63) is 59.1 Å². The van der Waals surface area contributed by atoms with Crippen LogP contribution in [0, 0.1) is 0 Å². The third kappa shape index (κ3) is 4.13. The van der Waals surface area contributed by atoms with Crippen molar-refractivity contribution in [1.82, 2.24) is 0 Å². The molecule has 0 spiro atoms. The highest BCUT2D eigenvalue weighted by molar-refractivity contribution is 6.30. The highest BCUT2D eigenvalue weighted by atomic mass is 35.5. The number of ether oxygens (including phenoxy) is 2. The van der Waals surface area contributed by atoms with Gasteiger partial charge in [0.15, 0.2) is 0 Å². The molecule has 2 aromatic carbocycles. The molecule has 110 valence electrons. The lowest BCUT2D eigenvalue weighted by molar-refractivity contribution is -0.139. The van der Waals surface area contributed by atoms with Crippen LogP contribution in [0.5, 0.6) is 11.5 Å². The van der Waals surface area contributed by atoms with Crippen LogP contribution in [0.2, 0.25) is 5.02 Å². The maximum atomic E-state index is 11.4. The van der Waals surface area contributed by atoms with E-state index in [0.717, 1.165) is 0 Å². The van der Waals surface area contributed by atoms with Crippen molar-refractivity contribution >= 4 is 17.6 Å². The lowest BCUT2D eigenvalue weighted by Crippen LogP contribution is -2.19. The Morgan fingerprint density at radius 2 is 1.90 bits per heavy atom. The molecule has 0 aliphatic carbocycles. The van der Waals surface area contributed by atoms with Gasteiger partial charge in [-0.05, 0) is 35.9 Å². The molecule has 0 bridgehead atoms. The standard InChI is InChI=1S/C16H15ClO4/c1-20-13-7-5-11(6-8-13)15(16(18)19)10-21-14-4-2-3-12(17)9-14/h2-9,15H,10H2,1H3,(H,18,19). The average Bonchev–Trinajstić information content (AvgIpc) is 2.48. The number of hydrogen-bond donors (Lipinski definition) is 1. The molecule has 0 aliphatic rings. The van der Waals surface area contributed by atoms with Crippen LogP contribution in [-0.4, -0.2) is 24.8 Å². The van der Waals surface area contributed by atoms with Crippen LogP contribution >= 0.6 is 11.6 Å². The number of hydrogen-bond acceptors (Lipinski definition) is 3. The first kappa shape index (κ1) is 15.2. The third-order valence-electron chi connectivity index (χ3n) is 3.03. The van der Waals surface area contributed by atoms with Crippen molar-refractivity contribution in [2.45, 2.75) is 5.92 Å². The largest absolute Gasteiger partial charge is 0.497 e. The zero-order valence-corrected chi connectivity index (χ0v) is 12.2. The van der Waals surface area contributed by atoms with Crippen molar-refractivity contribution in [2.75, 3.05) is 13.7 Å². The van der Waals surface area contributed by atoms with E-state index in [2.05, 4.69) is 0 Å². The molecular formula is C16H15ClO4. The Kier molecular flexibility index (Phi) is 5.06. The fourth-order valence-electron chi connectivity index (χ4n) is 1.88. The Labute approximate surface area is 127 Å². The van der Waals surface area contributed by atoms with Gasteiger partial charge in [0.05, 0.1) is 7.11 Å². The fraction of sp³-hybridized carbons (Fsp3) is 0.188. The van der Waals surface area contributed by atoms with Gasteiger partial charge in [-0.2, -0.15) is 0 Å². The van der Waals surface area contributed by atoms with Crippen LogP contribution in [0.25, 0.3) is 0 Å². The lowest BCUT2D eigenvalue weighted by atomic mass is 10.0. The molecule has 1 atom stereocenters. The Balaban J connectivity index is 2.10. The van der Waals surface area contributed by atoms with Gasteiger partial charge in [0.1, 0.15) is 24.0 Å². The minimum absolute atomic E-state index is 0.0298. The van der Waals surface area contributed by atoms with Crippen LogP contribution in [-0.2, 0) is 4.79 Å². The van der Waals surface area contributed by atoms with E-state index in [0.29, 0.717) is 22.1 Å². The summed E-state index contributed by atoms with van der Waals surface area (Å²) in [6.45, 7) is 0.0298. The molecule has 5 heteroatoms. The summed E-state index contributed by atoms with van der Waals surface area (Å²) in [7, 11) is 1.56. The molecule has 21 heavy (non-hydrogen) atoms. The van der Waals surface area contributed by atoms with E-state index < -0.39 is 11.9 Å². The van der Waals surface area contributed by atoms with Gasteiger partial charge in [-0.1, -0.05) is 29.8 Å². The maximum absolute atomic E-state index is 11.4. The first-order valence-corrected chi connectivity index (χ1v) is 6.73. The Morgan fingerprint density at radius 3 is 2.48 bits per heavy atom. The molecule has 1 N–H and O–H groups in total. The molecule has 2 aromatic rings. The van der Waals surface area contributed by atoms with Crippen molar-refractivity contribution < 1.29 is 19.4 Å². The molecule has 0 heterocycles. The molecular weight excluding hydrogens is 292 g/mol. The monoisotopic (exact) mass is 306 g/mol. The van der Waals surface area contributed by atoms with Crippen LogP contribution < -0.4 is 9.47 Å². The molecule has 0 fully saturated rings. The Hall–Kier alpha value is -2.20. The quantitative estimate of drug-likeness (QED) is 0.886. The third-order valence-corrected chi connectivity index (χ3v) is 3.26. The van der Waals surface area contributed by atoms with Crippen LogP contribution in [0.15, 0.2) is 48.5 Å².